The number of fused-ring (bicyclic) bond motifs is 1. The number of amides is 1. The molecular formula is C10H7BrN2O2. The molecular weight excluding hydrogens is 260 g/mol. The van der Waals surface area contributed by atoms with E-state index in [4.69, 9.17) is 0 Å². The third-order valence-corrected chi connectivity index (χ3v) is 2.55. The van der Waals surface area contributed by atoms with Crippen LogP contribution in [0.15, 0.2) is 33.7 Å². The molecule has 0 aliphatic rings. The first-order valence-corrected chi connectivity index (χ1v) is 5.03. The molecule has 4 nitrogen and oxygen atoms in total. The number of pyridine rings is 1. The second-order valence-electron chi connectivity index (χ2n) is 2.98. The Morgan fingerprint density at radius 3 is 2.93 bits per heavy atom. The second kappa shape index (κ2) is 3.86. The van der Waals surface area contributed by atoms with Crippen molar-refractivity contribution in [1.82, 2.24) is 4.98 Å². The highest BCUT2D eigenvalue weighted by atomic mass is 79.9. The number of carbonyl (C=O) groups excluding carboxylic acids is 1. The molecule has 0 aliphatic heterocycles. The largest absolute Gasteiger partial charge is 0.359 e. The van der Waals surface area contributed by atoms with Gasteiger partial charge in [-0.2, -0.15) is 0 Å². The number of aromatic nitrogens is 1. The number of aromatic amines is 1. The molecule has 0 spiro atoms. The van der Waals surface area contributed by atoms with Gasteiger partial charge in [0.15, 0.2) is 0 Å². The van der Waals surface area contributed by atoms with Gasteiger partial charge in [-0.15, -0.1) is 0 Å². The summed E-state index contributed by atoms with van der Waals surface area (Å²) in [5, 5.41) is 2.89. The molecule has 0 unspecified atom stereocenters. The van der Waals surface area contributed by atoms with Crippen molar-refractivity contribution in [2.24, 2.45) is 0 Å². The van der Waals surface area contributed by atoms with Crippen LogP contribution in [0, 0.1) is 0 Å². The molecule has 1 heterocycles. The monoisotopic (exact) mass is 266 g/mol. The molecule has 15 heavy (non-hydrogen) atoms. The van der Waals surface area contributed by atoms with Crippen LogP contribution in [0.2, 0.25) is 0 Å². The van der Waals surface area contributed by atoms with E-state index >= 15 is 0 Å². The number of halogens is 1. The zero-order valence-corrected chi connectivity index (χ0v) is 9.17. The van der Waals surface area contributed by atoms with Gasteiger partial charge >= 0.3 is 0 Å². The van der Waals surface area contributed by atoms with Gasteiger partial charge < -0.3 is 10.3 Å². The van der Waals surface area contributed by atoms with Crippen molar-refractivity contribution in [2.75, 3.05) is 5.32 Å². The van der Waals surface area contributed by atoms with Gasteiger partial charge in [0.1, 0.15) is 5.69 Å². The minimum atomic E-state index is -0.191. The molecule has 0 saturated heterocycles. The van der Waals surface area contributed by atoms with E-state index in [0.717, 1.165) is 9.99 Å². The summed E-state index contributed by atoms with van der Waals surface area (Å²) in [5.41, 5.74) is 0.786. The third kappa shape index (κ3) is 1.78. The van der Waals surface area contributed by atoms with Crippen molar-refractivity contribution >= 4 is 38.9 Å². The standard InChI is InChI=1S/C10H7BrN2O2/c11-6-1-2-7-8(3-6)12-4-9(10(7)15)13-5-14/h1-5H,(H,12,15)(H,13,14). The lowest BCUT2D eigenvalue weighted by atomic mass is 10.2. The Bertz CT molecular complexity index is 577. The molecule has 5 heteroatoms. The van der Waals surface area contributed by atoms with Gasteiger partial charge in [0.05, 0.1) is 5.52 Å². The summed E-state index contributed by atoms with van der Waals surface area (Å²) < 4.78 is 0.891. The highest BCUT2D eigenvalue weighted by Crippen LogP contribution is 2.16. The number of H-pyrrole nitrogens is 1. The average molecular weight is 267 g/mol. The van der Waals surface area contributed by atoms with E-state index in [2.05, 4.69) is 26.2 Å². The molecule has 0 saturated carbocycles. The zero-order valence-electron chi connectivity index (χ0n) is 7.58. The van der Waals surface area contributed by atoms with E-state index in [0.29, 0.717) is 11.8 Å². The van der Waals surface area contributed by atoms with Crippen molar-refractivity contribution in [1.29, 1.82) is 0 Å². The minimum Gasteiger partial charge on any atom is -0.359 e. The number of benzene rings is 1. The Morgan fingerprint density at radius 2 is 2.20 bits per heavy atom. The van der Waals surface area contributed by atoms with Crippen molar-refractivity contribution < 1.29 is 4.79 Å². The predicted molar refractivity (Wildman–Crippen MR) is 62.0 cm³/mol. The summed E-state index contributed by atoms with van der Waals surface area (Å²) in [5.74, 6) is 0. The fraction of sp³-hybridized carbons (Fsp3) is 0. The van der Waals surface area contributed by atoms with E-state index in [9.17, 15) is 9.59 Å². The Hall–Kier alpha value is -1.62. The molecule has 0 atom stereocenters. The van der Waals surface area contributed by atoms with Crippen LogP contribution < -0.4 is 10.7 Å². The number of rotatable bonds is 2. The molecule has 2 aromatic rings. The first-order valence-electron chi connectivity index (χ1n) is 4.23. The van der Waals surface area contributed by atoms with E-state index < -0.39 is 0 Å². The van der Waals surface area contributed by atoms with Crippen LogP contribution in [0.5, 0.6) is 0 Å². The Balaban J connectivity index is 2.74. The highest BCUT2D eigenvalue weighted by molar-refractivity contribution is 9.10. The van der Waals surface area contributed by atoms with E-state index in [1.165, 1.54) is 6.20 Å². The normalized spacial score (nSPS) is 10.2. The number of nitrogens with one attached hydrogen (secondary N) is 2. The number of anilines is 1. The molecule has 0 aliphatic carbocycles. The van der Waals surface area contributed by atoms with Gasteiger partial charge in [-0.05, 0) is 18.2 Å². The molecule has 1 aromatic carbocycles. The first-order chi connectivity index (χ1) is 7.22. The summed E-state index contributed by atoms with van der Waals surface area (Å²) >= 11 is 3.31. The van der Waals surface area contributed by atoms with E-state index in [1.807, 2.05) is 0 Å². The van der Waals surface area contributed by atoms with E-state index in [1.54, 1.807) is 18.2 Å². The zero-order chi connectivity index (χ0) is 10.8. The number of hydrogen-bond donors (Lipinski definition) is 2. The smallest absolute Gasteiger partial charge is 0.212 e. The van der Waals surface area contributed by atoms with Crippen LogP contribution in [0.3, 0.4) is 0 Å². The van der Waals surface area contributed by atoms with Crippen molar-refractivity contribution in [3.8, 4) is 0 Å². The quantitative estimate of drug-likeness (QED) is 0.816. The molecule has 2 N–H and O–H groups in total. The lowest BCUT2D eigenvalue weighted by Gasteiger charge is -2.01. The van der Waals surface area contributed by atoms with Gasteiger partial charge in [-0.1, -0.05) is 15.9 Å². The Kier molecular flexibility index (Phi) is 2.55. The van der Waals surface area contributed by atoms with E-state index in [-0.39, 0.29) is 11.1 Å². The minimum absolute atomic E-state index is 0.191. The topological polar surface area (TPSA) is 62.0 Å². The third-order valence-electron chi connectivity index (χ3n) is 2.06. The van der Waals surface area contributed by atoms with Crippen LogP contribution in [-0.4, -0.2) is 11.4 Å². The molecule has 0 fully saturated rings. The molecule has 1 amide bonds. The Morgan fingerprint density at radius 1 is 1.40 bits per heavy atom. The maximum Gasteiger partial charge on any atom is 0.212 e. The summed E-state index contributed by atoms with van der Waals surface area (Å²) in [4.78, 5) is 25.0. The molecule has 0 bridgehead atoms. The lowest BCUT2D eigenvalue weighted by molar-refractivity contribution is -0.105. The van der Waals surface area contributed by atoms with Gasteiger partial charge in [-0.3, -0.25) is 9.59 Å². The SMILES string of the molecule is O=CNc1c[nH]c2cc(Br)ccc2c1=O. The predicted octanol–water partition coefficient (Wildman–Crippen LogP) is 1.86. The highest BCUT2D eigenvalue weighted by Gasteiger charge is 2.03. The lowest BCUT2D eigenvalue weighted by Crippen LogP contribution is -2.10. The first kappa shape index (κ1) is 9.92. The maximum atomic E-state index is 11.8. The molecule has 76 valence electrons. The van der Waals surface area contributed by atoms with Crippen molar-refractivity contribution in [3.05, 3.63) is 39.1 Å². The number of hydrogen-bond acceptors (Lipinski definition) is 2. The summed E-state index contributed by atoms with van der Waals surface area (Å²) in [7, 11) is 0. The van der Waals surface area contributed by atoms with Crippen LogP contribution in [-0.2, 0) is 4.79 Å². The van der Waals surface area contributed by atoms with Gasteiger partial charge in [0.25, 0.3) is 0 Å². The Labute approximate surface area is 93.4 Å². The van der Waals surface area contributed by atoms with Crippen molar-refractivity contribution in [2.45, 2.75) is 0 Å². The van der Waals surface area contributed by atoms with Crippen molar-refractivity contribution in [3.63, 3.8) is 0 Å². The fourth-order valence-electron chi connectivity index (χ4n) is 1.37. The molecule has 2 rings (SSSR count). The fourth-order valence-corrected chi connectivity index (χ4v) is 1.73. The molecule has 0 radical (unpaired) electrons. The molecule has 1 aromatic heterocycles. The second-order valence-corrected chi connectivity index (χ2v) is 3.90. The van der Waals surface area contributed by atoms with Gasteiger partial charge in [0.2, 0.25) is 11.8 Å². The van der Waals surface area contributed by atoms with Gasteiger partial charge in [-0.25, -0.2) is 0 Å². The van der Waals surface area contributed by atoms with Crippen LogP contribution in [0.4, 0.5) is 5.69 Å². The number of carbonyl (C=O) groups is 1. The summed E-state index contributed by atoms with van der Waals surface area (Å²) in [6.07, 6.45) is 1.96. The van der Waals surface area contributed by atoms with Gasteiger partial charge in [0, 0.05) is 16.1 Å². The van der Waals surface area contributed by atoms with Crippen LogP contribution in [0.25, 0.3) is 10.9 Å². The maximum absolute atomic E-state index is 11.8. The summed E-state index contributed by atoms with van der Waals surface area (Å²) in [6.45, 7) is 0. The van der Waals surface area contributed by atoms with Crippen LogP contribution >= 0.6 is 15.9 Å². The van der Waals surface area contributed by atoms with Crippen LogP contribution in [0.1, 0.15) is 0 Å². The average Bonchev–Trinajstić information content (AvgIpc) is 2.22. The summed E-state index contributed by atoms with van der Waals surface area (Å²) in [6, 6.07) is 5.29.